The predicted octanol–water partition coefficient (Wildman–Crippen LogP) is 4.11. The molecule has 8 nitrogen and oxygen atoms in total. The van der Waals surface area contributed by atoms with Crippen molar-refractivity contribution in [1.29, 1.82) is 0 Å². The number of likely N-dealkylation sites (tertiary alicyclic amines) is 1. The molecule has 1 N–H and O–H groups in total. The lowest BCUT2D eigenvalue weighted by Crippen LogP contribution is -2.39. The second kappa shape index (κ2) is 12.2. The highest BCUT2D eigenvalue weighted by Crippen LogP contribution is 2.39. The Morgan fingerprint density at radius 2 is 1.85 bits per heavy atom. The quantitative estimate of drug-likeness (QED) is 0.254. The van der Waals surface area contributed by atoms with Crippen LogP contribution in [-0.2, 0) is 20.9 Å². The molecule has 2 saturated heterocycles. The van der Waals surface area contributed by atoms with Crippen molar-refractivity contribution < 1.29 is 24.2 Å². The van der Waals surface area contributed by atoms with Crippen molar-refractivity contribution in [3.8, 4) is 5.75 Å². The van der Waals surface area contributed by atoms with Crippen LogP contribution in [-0.4, -0.2) is 71.0 Å². The molecule has 2 aliphatic rings. The maximum atomic E-state index is 13.3. The average Bonchev–Trinajstić information content (AvgIpc) is 3.22. The molecule has 2 fully saturated rings. The van der Waals surface area contributed by atoms with E-state index in [0.717, 1.165) is 30.8 Å². The third kappa shape index (κ3) is 6.19. The van der Waals surface area contributed by atoms with Gasteiger partial charge < -0.3 is 19.5 Å². The Hall–Kier alpha value is -4.01. The molecule has 0 unspecified atom stereocenters. The van der Waals surface area contributed by atoms with Crippen molar-refractivity contribution in [1.82, 2.24) is 14.8 Å². The van der Waals surface area contributed by atoms with Crippen LogP contribution in [0.3, 0.4) is 0 Å². The number of amides is 1. The fraction of sp³-hybridized carbons (Fsp3) is 0.323. The summed E-state index contributed by atoms with van der Waals surface area (Å²) in [6, 6.07) is 17.9. The van der Waals surface area contributed by atoms with Crippen LogP contribution in [0.5, 0.6) is 5.75 Å². The zero-order valence-electron chi connectivity index (χ0n) is 22.1. The molecule has 1 atom stereocenters. The van der Waals surface area contributed by atoms with Crippen LogP contribution < -0.4 is 4.74 Å². The number of pyridine rings is 1. The SMILES string of the molecule is Cc1cccc(COc2ccc(C(O)=C3C(=O)C(=O)N(CCCN4CCOCC4)[C@@H]3c3cccnc3)cc2)c1. The fourth-order valence-corrected chi connectivity index (χ4v) is 5.12. The predicted molar refractivity (Wildman–Crippen MR) is 147 cm³/mol. The number of hydrogen-bond acceptors (Lipinski definition) is 7. The molecule has 2 aliphatic heterocycles. The molecule has 0 aliphatic carbocycles. The fourth-order valence-electron chi connectivity index (χ4n) is 5.12. The third-order valence-corrected chi connectivity index (χ3v) is 7.13. The normalized spacial score (nSPS) is 19.4. The van der Waals surface area contributed by atoms with E-state index in [4.69, 9.17) is 9.47 Å². The summed E-state index contributed by atoms with van der Waals surface area (Å²) in [6.07, 6.45) is 3.99. The van der Waals surface area contributed by atoms with Crippen LogP contribution in [0.25, 0.3) is 5.76 Å². The van der Waals surface area contributed by atoms with Gasteiger partial charge in [0.05, 0.1) is 24.8 Å². The lowest BCUT2D eigenvalue weighted by Gasteiger charge is -2.29. The summed E-state index contributed by atoms with van der Waals surface area (Å²) >= 11 is 0. The summed E-state index contributed by atoms with van der Waals surface area (Å²) in [4.78, 5) is 34.5. The topological polar surface area (TPSA) is 92.2 Å². The van der Waals surface area contributed by atoms with E-state index in [9.17, 15) is 14.7 Å². The Morgan fingerprint density at radius 3 is 2.56 bits per heavy atom. The van der Waals surface area contributed by atoms with Gasteiger partial charge >= 0.3 is 0 Å². The lowest BCUT2D eigenvalue weighted by atomic mass is 9.96. The number of nitrogens with zero attached hydrogens (tertiary/aromatic N) is 3. The first-order valence-electron chi connectivity index (χ1n) is 13.3. The molecule has 3 aromatic rings. The highest BCUT2D eigenvalue weighted by Gasteiger charge is 2.45. The Balaban J connectivity index is 1.36. The summed E-state index contributed by atoms with van der Waals surface area (Å²) < 4.78 is 11.3. The van der Waals surface area contributed by atoms with E-state index in [-0.39, 0.29) is 11.3 Å². The number of carbonyl (C=O) groups excluding carboxylic acids is 2. The van der Waals surface area contributed by atoms with Crippen molar-refractivity contribution >= 4 is 17.4 Å². The first-order valence-corrected chi connectivity index (χ1v) is 13.3. The van der Waals surface area contributed by atoms with Gasteiger partial charge in [0.2, 0.25) is 0 Å². The van der Waals surface area contributed by atoms with Crippen molar-refractivity contribution in [2.45, 2.75) is 26.0 Å². The largest absolute Gasteiger partial charge is 0.507 e. The number of ether oxygens (including phenoxy) is 2. The Morgan fingerprint density at radius 1 is 1.05 bits per heavy atom. The number of Topliss-reactive ketones (excluding diaryl/α,β-unsaturated/α-hetero) is 1. The van der Waals surface area contributed by atoms with Gasteiger partial charge in [-0.2, -0.15) is 0 Å². The molecule has 39 heavy (non-hydrogen) atoms. The highest BCUT2D eigenvalue weighted by molar-refractivity contribution is 6.46. The minimum atomic E-state index is -0.708. The smallest absolute Gasteiger partial charge is 0.295 e. The molecule has 0 radical (unpaired) electrons. The van der Waals surface area contributed by atoms with Gasteiger partial charge in [-0.3, -0.25) is 19.5 Å². The molecule has 0 spiro atoms. The Bertz CT molecular complexity index is 1330. The number of hydrogen-bond donors (Lipinski definition) is 1. The number of aryl methyl sites for hydroxylation is 1. The summed E-state index contributed by atoms with van der Waals surface area (Å²) in [5.74, 6) is -0.860. The maximum absolute atomic E-state index is 13.3. The number of aliphatic hydroxyl groups is 1. The zero-order valence-corrected chi connectivity index (χ0v) is 22.1. The van der Waals surface area contributed by atoms with Gasteiger partial charge in [-0.15, -0.1) is 0 Å². The molecule has 202 valence electrons. The van der Waals surface area contributed by atoms with E-state index >= 15 is 0 Å². The number of aliphatic hydroxyl groups excluding tert-OH is 1. The van der Waals surface area contributed by atoms with Crippen LogP contribution in [0.4, 0.5) is 0 Å². The Kier molecular flexibility index (Phi) is 8.34. The van der Waals surface area contributed by atoms with Crippen LogP contribution in [0, 0.1) is 6.92 Å². The molecule has 1 amide bonds. The van der Waals surface area contributed by atoms with E-state index in [0.29, 0.717) is 49.7 Å². The van der Waals surface area contributed by atoms with Gasteiger partial charge in [0, 0.05) is 44.1 Å². The molecular weight excluding hydrogens is 494 g/mol. The first-order chi connectivity index (χ1) is 19.0. The minimum Gasteiger partial charge on any atom is -0.507 e. The molecule has 1 aromatic heterocycles. The molecule has 8 heteroatoms. The summed E-state index contributed by atoms with van der Waals surface area (Å²) in [6.45, 7) is 6.77. The van der Waals surface area contributed by atoms with E-state index in [2.05, 4.69) is 16.0 Å². The van der Waals surface area contributed by atoms with E-state index in [1.807, 2.05) is 31.2 Å². The van der Waals surface area contributed by atoms with Crippen LogP contribution in [0.15, 0.2) is 78.6 Å². The maximum Gasteiger partial charge on any atom is 0.295 e. The van der Waals surface area contributed by atoms with E-state index in [1.165, 1.54) is 0 Å². The summed E-state index contributed by atoms with van der Waals surface area (Å²) in [7, 11) is 0. The van der Waals surface area contributed by atoms with Crippen molar-refractivity contribution in [3.05, 3.63) is 101 Å². The van der Waals surface area contributed by atoms with Gasteiger partial charge in [0.1, 0.15) is 18.1 Å². The first kappa shape index (κ1) is 26.6. The van der Waals surface area contributed by atoms with Gasteiger partial charge in [-0.25, -0.2) is 0 Å². The molecule has 3 heterocycles. The molecule has 0 bridgehead atoms. The van der Waals surface area contributed by atoms with E-state index < -0.39 is 17.7 Å². The van der Waals surface area contributed by atoms with E-state index in [1.54, 1.807) is 47.6 Å². The van der Waals surface area contributed by atoms with Crippen molar-refractivity contribution in [2.75, 3.05) is 39.4 Å². The van der Waals surface area contributed by atoms with Crippen LogP contribution in [0.1, 0.15) is 34.7 Å². The monoisotopic (exact) mass is 527 g/mol. The van der Waals surface area contributed by atoms with Crippen LogP contribution in [0.2, 0.25) is 0 Å². The molecule has 2 aromatic carbocycles. The molecule has 0 saturated carbocycles. The van der Waals surface area contributed by atoms with Gasteiger partial charge in [-0.1, -0.05) is 35.9 Å². The number of rotatable bonds is 9. The number of carbonyl (C=O) groups is 2. The zero-order chi connectivity index (χ0) is 27.2. The second-order valence-electron chi connectivity index (χ2n) is 9.89. The highest BCUT2D eigenvalue weighted by atomic mass is 16.5. The standard InChI is InChI=1S/C31H33N3O5/c1-22-5-2-6-23(19-22)21-39-26-10-8-24(9-11-26)29(35)27-28(25-7-3-12-32-20-25)34(31(37)30(27)36)14-4-13-33-15-17-38-18-16-33/h2-3,5-12,19-20,28,35H,4,13-18,21H2,1H3/t28-/m1/s1. The number of morpholine rings is 1. The number of benzene rings is 2. The van der Waals surface area contributed by atoms with Gasteiger partial charge in [0.15, 0.2) is 0 Å². The molecular formula is C31H33N3O5. The Labute approximate surface area is 228 Å². The van der Waals surface area contributed by atoms with Crippen molar-refractivity contribution in [3.63, 3.8) is 0 Å². The van der Waals surface area contributed by atoms with Crippen molar-refractivity contribution in [2.24, 2.45) is 0 Å². The molecule has 5 rings (SSSR count). The number of aromatic nitrogens is 1. The average molecular weight is 528 g/mol. The summed E-state index contributed by atoms with van der Waals surface area (Å²) in [5.41, 5.74) is 3.43. The van der Waals surface area contributed by atoms with Gasteiger partial charge in [-0.05, 0) is 54.8 Å². The lowest BCUT2D eigenvalue weighted by molar-refractivity contribution is -0.140. The van der Waals surface area contributed by atoms with Gasteiger partial charge in [0.25, 0.3) is 11.7 Å². The third-order valence-electron chi connectivity index (χ3n) is 7.13. The number of ketones is 1. The van der Waals surface area contributed by atoms with Crippen LogP contribution >= 0.6 is 0 Å². The second-order valence-corrected chi connectivity index (χ2v) is 9.89. The minimum absolute atomic E-state index is 0.0767. The summed E-state index contributed by atoms with van der Waals surface area (Å²) in [5, 5.41) is 11.3.